The summed E-state index contributed by atoms with van der Waals surface area (Å²) >= 11 is 1.73. The molecule has 13 nitrogen and oxygen atoms in total. The van der Waals surface area contributed by atoms with E-state index in [1.165, 1.54) is 17.3 Å². The average Bonchev–Trinajstić information content (AvgIpc) is 3.67. The second kappa shape index (κ2) is 11.0. The number of hydroxylamine groups is 1. The van der Waals surface area contributed by atoms with Crippen LogP contribution in [0.2, 0.25) is 0 Å². The minimum atomic E-state index is -0.626. The lowest BCUT2D eigenvalue weighted by atomic mass is 10.0. The Morgan fingerprint density at radius 1 is 1.05 bits per heavy atom. The molecule has 41 heavy (non-hydrogen) atoms. The average molecular weight is 573 g/mol. The zero-order valence-electron chi connectivity index (χ0n) is 22.1. The van der Waals surface area contributed by atoms with Gasteiger partial charge in [0.15, 0.2) is 0 Å². The first-order chi connectivity index (χ1) is 20.1. The fourth-order valence-corrected chi connectivity index (χ4v) is 6.41. The van der Waals surface area contributed by atoms with Gasteiger partial charge in [-0.1, -0.05) is 12.1 Å². The second-order valence-corrected chi connectivity index (χ2v) is 11.3. The fourth-order valence-electron chi connectivity index (χ4n) is 5.39. The van der Waals surface area contributed by atoms with Gasteiger partial charge in [-0.3, -0.25) is 20.0 Å². The number of ether oxygens (including phenoxy) is 1. The Bertz CT molecular complexity index is 1680. The number of morpholine rings is 1. The lowest BCUT2D eigenvalue weighted by molar-refractivity contribution is 0.0402. The molecule has 14 heteroatoms. The Morgan fingerprint density at radius 3 is 2.71 bits per heavy atom. The van der Waals surface area contributed by atoms with Gasteiger partial charge in [0.2, 0.25) is 11.9 Å². The highest BCUT2D eigenvalue weighted by molar-refractivity contribution is 7.18. The molecule has 0 saturated carbocycles. The summed E-state index contributed by atoms with van der Waals surface area (Å²) in [6.45, 7) is 6.17. The number of rotatable bonds is 6. The van der Waals surface area contributed by atoms with Gasteiger partial charge in [0.05, 0.1) is 46.8 Å². The third-order valence-corrected chi connectivity index (χ3v) is 8.60. The number of nitrogens with one attached hydrogen (secondary N) is 2. The number of benzene rings is 1. The maximum absolute atomic E-state index is 11.5. The number of carbonyl (C=O) groups excluding carboxylic acids is 1. The van der Waals surface area contributed by atoms with Gasteiger partial charge < -0.3 is 14.5 Å². The smallest absolute Gasteiger partial charge is 0.277 e. The van der Waals surface area contributed by atoms with E-state index in [1.54, 1.807) is 16.8 Å². The molecule has 1 unspecified atom stereocenters. The van der Waals surface area contributed by atoms with Crippen molar-refractivity contribution < 1.29 is 14.7 Å². The van der Waals surface area contributed by atoms with Crippen LogP contribution in [0, 0.1) is 0 Å². The molecule has 1 aromatic carbocycles. The van der Waals surface area contributed by atoms with Crippen LogP contribution in [0.1, 0.15) is 26.9 Å². The molecular formula is C27H28N10O3S. The topological polar surface area (TPSA) is 149 Å². The molecule has 2 aliphatic rings. The molecule has 3 N–H and O–H groups in total. The van der Waals surface area contributed by atoms with E-state index in [1.807, 2.05) is 24.5 Å². The van der Waals surface area contributed by atoms with Crippen molar-refractivity contribution in [1.82, 2.24) is 40.5 Å². The normalized spacial score (nSPS) is 18.3. The van der Waals surface area contributed by atoms with E-state index in [0.717, 1.165) is 71.9 Å². The molecule has 0 bridgehead atoms. The Hall–Kier alpha value is -4.24. The van der Waals surface area contributed by atoms with Crippen molar-refractivity contribution in [2.75, 3.05) is 55.7 Å². The quantitative estimate of drug-likeness (QED) is 0.203. The molecule has 2 aliphatic heterocycles. The standard InChI is InChI=1S/C27H28N10O3S/c38-25(34-39)17-11-28-26(29-12-17)36-6-4-35(5-7-36)15-18-10-22-24(41-18)14-30-27(32-22)37-8-9-40-23(16-37)19-2-1-3-21-20(19)13-31-33-21/h1-3,10-14,23,39H,4-9,15-16H2,(H,31,33)(H,34,38). The molecule has 7 rings (SSSR count). The van der Waals surface area contributed by atoms with Crippen LogP contribution in [0.25, 0.3) is 21.1 Å². The maximum atomic E-state index is 11.5. The van der Waals surface area contributed by atoms with Crippen LogP contribution in [0.15, 0.2) is 49.1 Å². The number of nitrogens with zero attached hydrogens (tertiary/aromatic N) is 8. The number of H-pyrrole nitrogens is 1. The summed E-state index contributed by atoms with van der Waals surface area (Å²) in [6, 6.07) is 8.32. The summed E-state index contributed by atoms with van der Waals surface area (Å²) in [4.78, 5) is 37.7. The zero-order valence-corrected chi connectivity index (χ0v) is 22.9. The summed E-state index contributed by atoms with van der Waals surface area (Å²) < 4.78 is 7.23. The van der Waals surface area contributed by atoms with Gasteiger partial charge in [0, 0.05) is 61.9 Å². The van der Waals surface area contributed by atoms with Crippen molar-refractivity contribution in [2.24, 2.45) is 0 Å². The maximum Gasteiger partial charge on any atom is 0.277 e. The van der Waals surface area contributed by atoms with E-state index in [0.29, 0.717) is 19.1 Å². The highest BCUT2D eigenvalue weighted by atomic mass is 32.1. The van der Waals surface area contributed by atoms with E-state index in [4.69, 9.17) is 19.9 Å². The van der Waals surface area contributed by atoms with E-state index in [2.05, 4.69) is 47.0 Å². The van der Waals surface area contributed by atoms with Gasteiger partial charge >= 0.3 is 0 Å². The summed E-state index contributed by atoms with van der Waals surface area (Å²) in [6.07, 6.45) is 6.55. The molecule has 6 heterocycles. The summed E-state index contributed by atoms with van der Waals surface area (Å²) in [7, 11) is 0. The van der Waals surface area contributed by atoms with Crippen LogP contribution < -0.4 is 15.3 Å². The Morgan fingerprint density at radius 2 is 1.88 bits per heavy atom. The molecule has 2 fully saturated rings. The van der Waals surface area contributed by atoms with Crippen LogP contribution in [0.4, 0.5) is 11.9 Å². The molecule has 2 saturated heterocycles. The Balaban J connectivity index is 0.992. The molecule has 4 aromatic heterocycles. The predicted octanol–water partition coefficient (Wildman–Crippen LogP) is 2.38. The molecular weight excluding hydrogens is 544 g/mol. The molecule has 0 radical (unpaired) electrons. The van der Waals surface area contributed by atoms with E-state index in [-0.39, 0.29) is 11.7 Å². The van der Waals surface area contributed by atoms with Crippen molar-refractivity contribution in [3.63, 3.8) is 0 Å². The summed E-state index contributed by atoms with van der Waals surface area (Å²) in [5.74, 6) is 0.681. The monoisotopic (exact) mass is 572 g/mol. The molecule has 0 aliphatic carbocycles. The minimum absolute atomic E-state index is 0.0792. The number of fused-ring (bicyclic) bond motifs is 2. The first-order valence-corrected chi connectivity index (χ1v) is 14.2. The van der Waals surface area contributed by atoms with Crippen molar-refractivity contribution in [1.29, 1.82) is 0 Å². The van der Waals surface area contributed by atoms with Crippen LogP contribution in [0.3, 0.4) is 0 Å². The summed E-state index contributed by atoms with van der Waals surface area (Å²) in [5, 5.41) is 17.1. The SMILES string of the molecule is O=C(NO)c1cnc(N2CCN(Cc3cc4nc(N5CCOC(c6cccc7[nH]ncc67)C5)ncc4s3)CC2)nc1. The van der Waals surface area contributed by atoms with Gasteiger partial charge in [-0.25, -0.2) is 25.4 Å². The predicted molar refractivity (Wildman–Crippen MR) is 153 cm³/mol. The minimum Gasteiger partial charge on any atom is -0.370 e. The highest BCUT2D eigenvalue weighted by Gasteiger charge is 2.26. The second-order valence-electron chi connectivity index (χ2n) is 10.1. The number of piperazine rings is 1. The van der Waals surface area contributed by atoms with Crippen molar-refractivity contribution in [3.05, 3.63) is 65.1 Å². The number of thiophene rings is 1. The third kappa shape index (κ3) is 5.17. The number of carbonyl (C=O) groups is 1. The number of aromatic nitrogens is 6. The van der Waals surface area contributed by atoms with Crippen molar-refractivity contribution in [3.8, 4) is 0 Å². The van der Waals surface area contributed by atoms with Crippen LogP contribution in [-0.4, -0.2) is 92.0 Å². The largest absolute Gasteiger partial charge is 0.370 e. The van der Waals surface area contributed by atoms with Crippen molar-refractivity contribution >= 4 is 50.3 Å². The van der Waals surface area contributed by atoms with E-state index < -0.39 is 5.91 Å². The molecule has 0 spiro atoms. The lowest BCUT2D eigenvalue weighted by Crippen LogP contribution is -2.46. The number of amides is 1. The fraction of sp³-hybridized carbons (Fsp3) is 0.333. The molecule has 210 valence electrons. The van der Waals surface area contributed by atoms with Crippen molar-refractivity contribution in [2.45, 2.75) is 12.6 Å². The Kier molecular flexibility index (Phi) is 6.88. The molecule has 1 atom stereocenters. The highest BCUT2D eigenvalue weighted by Crippen LogP contribution is 2.31. The van der Waals surface area contributed by atoms with Crippen LogP contribution in [-0.2, 0) is 11.3 Å². The van der Waals surface area contributed by atoms with E-state index in [9.17, 15) is 4.79 Å². The number of hydrogen-bond donors (Lipinski definition) is 3. The van der Waals surface area contributed by atoms with Crippen LogP contribution >= 0.6 is 11.3 Å². The van der Waals surface area contributed by atoms with Crippen LogP contribution in [0.5, 0.6) is 0 Å². The molecule has 1 amide bonds. The first-order valence-electron chi connectivity index (χ1n) is 13.4. The Labute approximate surface area is 238 Å². The lowest BCUT2D eigenvalue weighted by Gasteiger charge is -2.34. The third-order valence-electron chi connectivity index (χ3n) is 7.56. The van der Waals surface area contributed by atoms with E-state index >= 15 is 0 Å². The first kappa shape index (κ1) is 25.7. The van der Waals surface area contributed by atoms with Gasteiger partial charge in [-0.15, -0.1) is 11.3 Å². The zero-order chi connectivity index (χ0) is 27.8. The van der Waals surface area contributed by atoms with Gasteiger partial charge in [0.25, 0.3) is 5.91 Å². The number of anilines is 2. The van der Waals surface area contributed by atoms with Gasteiger partial charge in [-0.05, 0) is 17.7 Å². The number of hydrogen-bond acceptors (Lipinski definition) is 12. The van der Waals surface area contributed by atoms with Gasteiger partial charge in [-0.2, -0.15) is 5.10 Å². The van der Waals surface area contributed by atoms with Gasteiger partial charge in [0.1, 0.15) is 6.10 Å². The molecule has 5 aromatic rings. The summed E-state index contributed by atoms with van der Waals surface area (Å²) in [5.41, 5.74) is 4.90. The number of aromatic amines is 1.